The van der Waals surface area contributed by atoms with Gasteiger partial charge < -0.3 is 15.2 Å². The smallest absolute Gasteiger partial charge is 0.320 e. The lowest BCUT2D eigenvalue weighted by Crippen LogP contribution is -2.45. The van der Waals surface area contributed by atoms with E-state index in [-0.39, 0.29) is 18.2 Å². The lowest BCUT2D eigenvalue weighted by molar-refractivity contribution is -0.384. The highest BCUT2D eigenvalue weighted by molar-refractivity contribution is 5.73. The van der Waals surface area contributed by atoms with Gasteiger partial charge in [0.05, 0.1) is 11.0 Å². The molecule has 0 aliphatic heterocycles. The average molecular weight is 339 g/mol. The first kappa shape index (κ1) is 19.4. The quantitative estimate of drug-likeness (QED) is 0.479. The summed E-state index contributed by atoms with van der Waals surface area (Å²) < 4.78 is 5.46. The number of aliphatic carboxylic acids is 1. The van der Waals surface area contributed by atoms with Gasteiger partial charge in [0, 0.05) is 32.6 Å². The molecule has 9 nitrogen and oxygen atoms in total. The lowest BCUT2D eigenvalue weighted by Gasteiger charge is -2.26. The van der Waals surface area contributed by atoms with Crippen molar-refractivity contribution in [3.8, 4) is 5.75 Å². The zero-order valence-electron chi connectivity index (χ0n) is 13.6. The van der Waals surface area contributed by atoms with E-state index in [1.54, 1.807) is 17.9 Å². The van der Waals surface area contributed by atoms with Crippen LogP contribution in [0.4, 0.5) is 5.69 Å². The van der Waals surface area contributed by atoms with Crippen LogP contribution in [-0.2, 0) is 9.59 Å². The van der Waals surface area contributed by atoms with Crippen molar-refractivity contribution in [2.45, 2.75) is 19.9 Å². The van der Waals surface area contributed by atoms with E-state index in [0.717, 1.165) is 0 Å². The van der Waals surface area contributed by atoms with E-state index in [1.165, 1.54) is 25.1 Å². The second-order valence-electron chi connectivity index (χ2n) is 5.14. The number of ether oxygens (including phenoxy) is 1. The SMILES string of the molecule is CC(=O)NCCN(CCOc1cccc([N+](=O)[O-])c1)C(C)C(=O)O. The molecule has 0 aliphatic rings. The Kier molecular flexibility index (Phi) is 7.63. The number of nitro groups is 1. The fourth-order valence-corrected chi connectivity index (χ4v) is 2.00. The van der Waals surface area contributed by atoms with E-state index in [2.05, 4.69) is 5.32 Å². The van der Waals surface area contributed by atoms with E-state index >= 15 is 0 Å². The van der Waals surface area contributed by atoms with Gasteiger partial charge in [-0.25, -0.2) is 0 Å². The van der Waals surface area contributed by atoms with Crippen LogP contribution in [0.5, 0.6) is 5.75 Å². The Hall–Kier alpha value is -2.68. The molecule has 1 rings (SSSR count). The molecule has 0 aromatic heterocycles. The van der Waals surface area contributed by atoms with Crippen molar-refractivity contribution in [1.29, 1.82) is 0 Å². The summed E-state index contributed by atoms with van der Waals surface area (Å²) in [6.07, 6.45) is 0. The number of carboxylic acids is 1. The van der Waals surface area contributed by atoms with Gasteiger partial charge in [0.2, 0.25) is 5.91 Å². The molecule has 0 heterocycles. The first-order valence-electron chi connectivity index (χ1n) is 7.40. The van der Waals surface area contributed by atoms with Crippen LogP contribution in [0.2, 0.25) is 0 Å². The number of non-ortho nitro benzene ring substituents is 1. The number of nitro benzene ring substituents is 1. The lowest BCUT2D eigenvalue weighted by atomic mass is 10.2. The molecule has 0 aliphatic carbocycles. The Balaban J connectivity index is 2.57. The van der Waals surface area contributed by atoms with E-state index in [9.17, 15) is 19.7 Å². The number of carbonyl (C=O) groups is 2. The van der Waals surface area contributed by atoms with Gasteiger partial charge in [0.15, 0.2) is 0 Å². The van der Waals surface area contributed by atoms with E-state index in [1.807, 2.05) is 0 Å². The number of nitrogens with one attached hydrogen (secondary N) is 1. The number of amides is 1. The summed E-state index contributed by atoms with van der Waals surface area (Å²) in [7, 11) is 0. The maximum absolute atomic E-state index is 11.1. The van der Waals surface area contributed by atoms with Crippen molar-refractivity contribution in [3.63, 3.8) is 0 Å². The van der Waals surface area contributed by atoms with Gasteiger partial charge in [-0.15, -0.1) is 0 Å². The largest absolute Gasteiger partial charge is 0.492 e. The molecule has 24 heavy (non-hydrogen) atoms. The Morgan fingerprint density at radius 1 is 1.42 bits per heavy atom. The summed E-state index contributed by atoms with van der Waals surface area (Å²) >= 11 is 0. The van der Waals surface area contributed by atoms with E-state index in [0.29, 0.717) is 25.4 Å². The summed E-state index contributed by atoms with van der Waals surface area (Å²) in [6, 6.07) is 5.03. The van der Waals surface area contributed by atoms with Gasteiger partial charge in [0.1, 0.15) is 18.4 Å². The zero-order valence-corrected chi connectivity index (χ0v) is 13.6. The number of hydrogen-bond acceptors (Lipinski definition) is 6. The number of rotatable bonds is 10. The maximum atomic E-state index is 11.1. The van der Waals surface area contributed by atoms with Crippen LogP contribution in [0.25, 0.3) is 0 Å². The summed E-state index contributed by atoms with van der Waals surface area (Å²) in [5.41, 5.74) is -0.0751. The minimum absolute atomic E-state index is 0.0751. The Morgan fingerprint density at radius 3 is 2.71 bits per heavy atom. The van der Waals surface area contributed by atoms with E-state index < -0.39 is 16.9 Å². The zero-order chi connectivity index (χ0) is 18.1. The number of hydrogen-bond donors (Lipinski definition) is 2. The molecule has 1 unspecified atom stereocenters. The molecule has 0 fully saturated rings. The Morgan fingerprint density at radius 2 is 2.12 bits per heavy atom. The molecule has 132 valence electrons. The summed E-state index contributed by atoms with van der Waals surface area (Å²) in [4.78, 5) is 33.9. The first-order valence-corrected chi connectivity index (χ1v) is 7.40. The maximum Gasteiger partial charge on any atom is 0.320 e. The van der Waals surface area contributed by atoms with Crippen LogP contribution < -0.4 is 10.1 Å². The highest BCUT2D eigenvalue weighted by Gasteiger charge is 2.20. The summed E-state index contributed by atoms with van der Waals surface area (Å²) in [5, 5.41) is 22.5. The predicted molar refractivity (Wildman–Crippen MR) is 85.9 cm³/mol. The topological polar surface area (TPSA) is 122 Å². The van der Waals surface area contributed by atoms with Crippen molar-refractivity contribution in [1.82, 2.24) is 10.2 Å². The molecule has 0 radical (unpaired) electrons. The highest BCUT2D eigenvalue weighted by Crippen LogP contribution is 2.19. The molecule has 2 N–H and O–H groups in total. The second-order valence-corrected chi connectivity index (χ2v) is 5.14. The van der Waals surface area contributed by atoms with Crippen molar-refractivity contribution < 1.29 is 24.4 Å². The van der Waals surface area contributed by atoms with Crippen LogP contribution in [0.15, 0.2) is 24.3 Å². The van der Waals surface area contributed by atoms with Crippen LogP contribution in [-0.4, -0.2) is 59.1 Å². The van der Waals surface area contributed by atoms with Crippen molar-refractivity contribution in [2.24, 2.45) is 0 Å². The number of benzene rings is 1. The third-order valence-electron chi connectivity index (χ3n) is 3.35. The molecule has 0 saturated carbocycles. The van der Waals surface area contributed by atoms with Crippen LogP contribution in [0, 0.1) is 10.1 Å². The molecular weight excluding hydrogens is 318 g/mol. The number of carbonyl (C=O) groups excluding carboxylic acids is 1. The number of nitrogens with zero attached hydrogens (tertiary/aromatic N) is 2. The van der Waals surface area contributed by atoms with Crippen molar-refractivity contribution in [2.75, 3.05) is 26.2 Å². The van der Waals surface area contributed by atoms with E-state index in [4.69, 9.17) is 9.84 Å². The van der Waals surface area contributed by atoms with Gasteiger partial charge >= 0.3 is 5.97 Å². The number of carboxylic acid groups (broad SMARTS) is 1. The molecule has 0 bridgehead atoms. The van der Waals surface area contributed by atoms with Crippen molar-refractivity contribution in [3.05, 3.63) is 34.4 Å². The van der Waals surface area contributed by atoms with Crippen LogP contribution in [0.1, 0.15) is 13.8 Å². The van der Waals surface area contributed by atoms with Crippen LogP contribution >= 0.6 is 0 Å². The van der Waals surface area contributed by atoms with Gasteiger partial charge in [-0.2, -0.15) is 0 Å². The second kappa shape index (κ2) is 9.46. The van der Waals surface area contributed by atoms with Gasteiger partial charge in [0.25, 0.3) is 5.69 Å². The monoisotopic (exact) mass is 339 g/mol. The molecule has 0 spiro atoms. The average Bonchev–Trinajstić information content (AvgIpc) is 2.52. The Labute approximate surface area is 139 Å². The Bertz CT molecular complexity index is 592. The first-order chi connectivity index (χ1) is 11.3. The standard InChI is InChI=1S/C15H21N3O6/c1-11(15(20)21)17(7-6-16-12(2)19)8-9-24-14-5-3-4-13(10-14)18(22)23/h3-5,10-11H,6-9H2,1-2H3,(H,16,19)(H,20,21). The van der Waals surface area contributed by atoms with Crippen molar-refractivity contribution >= 4 is 17.6 Å². The molecular formula is C15H21N3O6. The molecule has 9 heteroatoms. The molecule has 1 atom stereocenters. The van der Waals surface area contributed by atoms with Crippen LogP contribution in [0.3, 0.4) is 0 Å². The fourth-order valence-electron chi connectivity index (χ4n) is 2.00. The van der Waals surface area contributed by atoms with Gasteiger partial charge in [-0.05, 0) is 13.0 Å². The third kappa shape index (κ3) is 6.61. The highest BCUT2D eigenvalue weighted by atomic mass is 16.6. The molecule has 1 aromatic carbocycles. The fraction of sp³-hybridized carbons (Fsp3) is 0.467. The minimum Gasteiger partial charge on any atom is -0.492 e. The minimum atomic E-state index is -0.979. The summed E-state index contributed by atoms with van der Waals surface area (Å²) in [5.74, 6) is -0.826. The van der Waals surface area contributed by atoms with Gasteiger partial charge in [-0.3, -0.25) is 24.6 Å². The molecule has 1 amide bonds. The van der Waals surface area contributed by atoms with Gasteiger partial charge in [-0.1, -0.05) is 6.07 Å². The third-order valence-corrected chi connectivity index (χ3v) is 3.35. The normalized spacial score (nSPS) is 11.8. The predicted octanol–water partition coefficient (Wildman–Crippen LogP) is 0.885. The molecule has 0 saturated heterocycles. The molecule has 1 aromatic rings. The summed E-state index contributed by atoms with van der Waals surface area (Å²) in [6.45, 7) is 4.07.